The molecule has 1 unspecified atom stereocenters. The standard InChI is InChI=1S/C12H16N2O2S/c1-5(2)6-3-7-9(11(13)16)12(14)17-10(7)8(15)4-6/h5-6H,3-4,14H2,1-2H3,(H2,13,16). The lowest BCUT2D eigenvalue weighted by molar-refractivity contribution is 0.0938. The average molecular weight is 252 g/mol. The van der Waals surface area contributed by atoms with Crippen LogP contribution in [0.2, 0.25) is 0 Å². The molecule has 1 amide bonds. The van der Waals surface area contributed by atoms with Gasteiger partial charge in [-0.05, 0) is 23.8 Å². The van der Waals surface area contributed by atoms with E-state index in [9.17, 15) is 9.59 Å². The summed E-state index contributed by atoms with van der Waals surface area (Å²) in [5.74, 6) is 0.252. The number of fused-ring (bicyclic) bond motifs is 1. The van der Waals surface area contributed by atoms with Gasteiger partial charge in [0.2, 0.25) is 0 Å². The molecule has 92 valence electrons. The molecule has 4 N–H and O–H groups in total. The van der Waals surface area contributed by atoms with Gasteiger partial charge in [-0.25, -0.2) is 0 Å². The van der Waals surface area contributed by atoms with Crippen molar-refractivity contribution < 1.29 is 9.59 Å². The third-order valence-corrected chi connectivity index (χ3v) is 4.49. The topological polar surface area (TPSA) is 86.2 Å². The van der Waals surface area contributed by atoms with Crippen molar-refractivity contribution in [3.8, 4) is 0 Å². The lowest BCUT2D eigenvalue weighted by Crippen LogP contribution is -2.25. The highest BCUT2D eigenvalue weighted by Crippen LogP contribution is 2.39. The van der Waals surface area contributed by atoms with Crippen molar-refractivity contribution in [2.45, 2.75) is 26.7 Å². The van der Waals surface area contributed by atoms with E-state index in [1.165, 1.54) is 11.3 Å². The minimum atomic E-state index is -0.530. The Morgan fingerprint density at radius 2 is 2.06 bits per heavy atom. The summed E-state index contributed by atoms with van der Waals surface area (Å²) in [6, 6.07) is 0. The summed E-state index contributed by atoms with van der Waals surface area (Å²) in [6.45, 7) is 4.17. The van der Waals surface area contributed by atoms with Gasteiger partial charge in [-0.2, -0.15) is 0 Å². The smallest absolute Gasteiger partial charge is 0.251 e. The Morgan fingerprint density at radius 1 is 1.41 bits per heavy atom. The van der Waals surface area contributed by atoms with E-state index in [1.807, 2.05) is 0 Å². The Labute approximate surface area is 104 Å². The second-order valence-electron chi connectivity index (χ2n) is 4.85. The normalized spacial score (nSPS) is 19.5. The monoisotopic (exact) mass is 252 g/mol. The summed E-state index contributed by atoms with van der Waals surface area (Å²) < 4.78 is 0. The Hall–Kier alpha value is -1.36. The molecule has 0 aromatic carbocycles. The third kappa shape index (κ3) is 1.95. The molecule has 0 saturated carbocycles. The van der Waals surface area contributed by atoms with Gasteiger partial charge in [-0.15, -0.1) is 11.3 Å². The molecule has 0 fully saturated rings. The van der Waals surface area contributed by atoms with E-state index in [0.29, 0.717) is 27.8 Å². The fourth-order valence-corrected chi connectivity index (χ4v) is 3.36. The van der Waals surface area contributed by atoms with Gasteiger partial charge in [0.15, 0.2) is 5.78 Å². The molecule has 2 rings (SSSR count). The maximum absolute atomic E-state index is 12.0. The third-order valence-electron chi connectivity index (χ3n) is 3.39. The number of nitrogen functional groups attached to an aromatic ring is 1. The Bertz CT molecular complexity index is 491. The highest BCUT2D eigenvalue weighted by Gasteiger charge is 2.33. The lowest BCUT2D eigenvalue weighted by atomic mass is 9.79. The van der Waals surface area contributed by atoms with Crippen LogP contribution in [-0.2, 0) is 6.42 Å². The SMILES string of the molecule is CC(C)C1CC(=O)c2sc(N)c(C(N)=O)c2C1. The number of carbonyl (C=O) groups excluding carboxylic acids is 2. The summed E-state index contributed by atoms with van der Waals surface area (Å²) in [7, 11) is 0. The predicted octanol–water partition coefficient (Wildman–Crippen LogP) is 1.83. The minimum Gasteiger partial charge on any atom is -0.390 e. The molecule has 0 spiro atoms. The first kappa shape index (κ1) is 12.1. The van der Waals surface area contributed by atoms with Crippen LogP contribution in [0.25, 0.3) is 0 Å². The average Bonchev–Trinajstić information content (AvgIpc) is 2.54. The highest BCUT2D eigenvalue weighted by molar-refractivity contribution is 7.18. The Balaban J connectivity index is 2.51. The van der Waals surface area contributed by atoms with Gasteiger partial charge in [0.25, 0.3) is 5.91 Å². The van der Waals surface area contributed by atoms with Crippen LogP contribution in [0.1, 0.15) is 45.9 Å². The number of primary amides is 1. The van der Waals surface area contributed by atoms with Gasteiger partial charge in [0.05, 0.1) is 15.4 Å². The first-order valence-electron chi connectivity index (χ1n) is 5.66. The van der Waals surface area contributed by atoms with Gasteiger partial charge in [-0.1, -0.05) is 13.8 Å². The van der Waals surface area contributed by atoms with E-state index in [1.54, 1.807) is 0 Å². The number of ketones is 1. The van der Waals surface area contributed by atoms with Gasteiger partial charge in [0.1, 0.15) is 0 Å². The maximum Gasteiger partial charge on any atom is 0.251 e. The van der Waals surface area contributed by atoms with Crippen molar-refractivity contribution in [1.29, 1.82) is 0 Å². The summed E-state index contributed by atoms with van der Waals surface area (Å²) in [5, 5.41) is 0.375. The predicted molar refractivity (Wildman–Crippen MR) is 68.2 cm³/mol. The summed E-state index contributed by atoms with van der Waals surface area (Å²) in [4.78, 5) is 24.0. The van der Waals surface area contributed by atoms with Crippen LogP contribution in [-0.4, -0.2) is 11.7 Å². The van der Waals surface area contributed by atoms with Crippen molar-refractivity contribution in [2.75, 3.05) is 5.73 Å². The summed E-state index contributed by atoms with van der Waals surface area (Å²) in [5.41, 5.74) is 12.2. The molecule has 1 aliphatic carbocycles. The molecular formula is C12H16N2O2S. The number of hydrogen-bond donors (Lipinski definition) is 2. The van der Waals surface area contributed by atoms with Crippen molar-refractivity contribution in [2.24, 2.45) is 17.6 Å². The number of hydrogen-bond acceptors (Lipinski definition) is 4. The summed E-state index contributed by atoms with van der Waals surface area (Å²) >= 11 is 1.19. The van der Waals surface area contributed by atoms with Crippen molar-refractivity contribution >= 4 is 28.0 Å². The molecule has 4 nitrogen and oxygen atoms in total. The fourth-order valence-electron chi connectivity index (χ4n) is 2.31. The molecule has 1 atom stereocenters. The van der Waals surface area contributed by atoms with Crippen molar-refractivity contribution in [1.82, 2.24) is 0 Å². The van der Waals surface area contributed by atoms with Crippen LogP contribution in [0.3, 0.4) is 0 Å². The van der Waals surface area contributed by atoms with Crippen molar-refractivity contribution in [3.05, 3.63) is 16.0 Å². The minimum absolute atomic E-state index is 0.0918. The molecule has 1 heterocycles. The van der Waals surface area contributed by atoms with Crippen molar-refractivity contribution in [3.63, 3.8) is 0 Å². The zero-order valence-electron chi connectivity index (χ0n) is 9.95. The van der Waals surface area contributed by atoms with E-state index >= 15 is 0 Å². The number of carbonyl (C=O) groups is 2. The van der Waals surface area contributed by atoms with E-state index < -0.39 is 5.91 Å². The molecule has 1 aliphatic rings. The molecule has 0 saturated heterocycles. The molecule has 1 aromatic heterocycles. The molecule has 0 radical (unpaired) electrons. The van der Waals surface area contributed by atoms with Crippen LogP contribution in [0, 0.1) is 11.8 Å². The summed E-state index contributed by atoms with van der Waals surface area (Å²) in [6.07, 6.45) is 1.27. The highest BCUT2D eigenvalue weighted by atomic mass is 32.1. The number of thiophene rings is 1. The van der Waals surface area contributed by atoms with Crippen LogP contribution >= 0.6 is 11.3 Å². The quantitative estimate of drug-likeness (QED) is 0.841. The van der Waals surface area contributed by atoms with E-state index in [4.69, 9.17) is 11.5 Å². The number of rotatable bonds is 2. The Morgan fingerprint density at radius 3 is 2.59 bits per heavy atom. The van der Waals surface area contributed by atoms with Gasteiger partial charge < -0.3 is 11.5 Å². The zero-order chi connectivity index (χ0) is 12.7. The molecule has 0 bridgehead atoms. The largest absolute Gasteiger partial charge is 0.390 e. The maximum atomic E-state index is 12.0. The number of Topliss-reactive ketones (excluding diaryl/α,β-unsaturated/α-hetero) is 1. The number of anilines is 1. The van der Waals surface area contributed by atoms with Crippen LogP contribution < -0.4 is 11.5 Å². The first-order valence-corrected chi connectivity index (χ1v) is 6.47. The zero-order valence-corrected chi connectivity index (χ0v) is 10.8. The van der Waals surface area contributed by atoms with E-state index in [0.717, 1.165) is 12.0 Å². The van der Waals surface area contributed by atoms with Crippen LogP contribution in [0.15, 0.2) is 0 Å². The molecule has 5 heteroatoms. The second-order valence-corrected chi connectivity index (χ2v) is 5.90. The number of amides is 1. The van der Waals surface area contributed by atoms with Gasteiger partial charge in [0, 0.05) is 6.42 Å². The van der Waals surface area contributed by atoms with E-state index in [-0.39, 0.29) is 11.7 Å². The lowest BCUT2D eigenvalue weighted by Gasteiger charge is -2.24. The van der Waals surface area contributed by atoms with Crippen LogP contribution in [0.4, 0.5) is 5.00 Å². The van der Waals surface area contributed by atoms with Crippen LogP contribution in [0.5, 0.6) is 0 Å². The molecular weight excluding hydrogens is 236 g/mol. The number of nitrogens with two attached hydrogens (primary N) is 2. The van der Waals surface area contributed by atoms with Gasteiger partial charge >= 0.3 is 0 Å². The fraction of sp³-hybridized carbons (Fsp3) is 0.500. The van der Waals surface area contributed by atoms with E-state index in [2.05, 4.69) is 13.8 Å². The first-order chi connectivity index (χ1) is 7.91. The van der Waals surface area contributed by atoms with Gasteiger partial charge in [-0.3, -0.25) is 9.59 Å². The second kappa shape index (κ2) is 4.14. The molecule has 0 aliphatic heterocycles. The Kier molecular flexibility index (Phi) is 2.95. The molecule has 17 heavy (non-hydrogen) atoms. The molecule has 1 aromatic rings.